The molecule has 2 aromatic heterocycles. The first kappa shape index (κ1) is 34.4. The summed E-state index contributed by atoms with van der Waals surface area (Å²) in [6.45, 7) is 11.7. The van der Waals surface area contributed by atoms with Crippen molar-refractivity contribution in [3.8, 4) is 28.2 Å². The standard InChI is InChI=1S/C37H45N2O7PSi/c1-36(2,3)48(8,9)44-24-37(25-15-11-10-12-16-25)29-19-13-18-27(34(29)46-35(37)41-5)26-17-14-20-30-33(26)28(22-39(30)4)31-21-38-32(45-31)23-47(40,42-6)43-7/h10-22,35H,23-24H2,1-9H3/t35-,37-/m1/s1. The zero-order valence-corrected chi connectivity index (χ0v) is 31.1. The van der Waals surface area contributed by atoms with Gasteiger partial charge in [-0.1, -0.05) is 81.4 Å². The first-order chi connectivity index (χ1) is 22.8. The fraction of sp³-hybridized carbons (Fsp3) is 0.378. The second-order valence-electron chi connectivity index (χ2n) is 13.9. The smallest absolute Gasteiger partial charge is 0.339 e. The van der Waals surface area contributed by atoms with Crippen LogP contribution in [-0.2, 0) is 41.4 Å². The largest absolute Gasteiger partial charge is 0.463 e. The van der Waals surface area contributed by atoms with Crippen molar-refractivity contribution in [1.82, 2.24) is 9.55 Å². The molecule has 0 saturated heterocycles. The van der Waals surface area contributed by atoms with E-state index >= 15 is 0 Å². The third-order valence-corrected chi connectivity index (χ3v) is 16.4. The van der Waals surface area contributed by atoms with E-state index in [1.54, 1.807) is 13.3 Å². The summed E-state index contributed by atoms with van der Waals surface area (Å²) in [6.07, 6.45) is 2.98. The quantitative estimate of drug-likeness (QED) is 0.100. The van der Waals surface area contributed by atoms with E-state index in [0.717, 1.165) is 44.5 Å². The number of methoxy groups -OCH3 is 1. The van der Waals surface area contributed by atoms with Gasteiger partial charge >= 0.3 is 7.60 Å². The Bertz CT molecular complexity index is 1970. The van der Waals surface area contributed by atoms with Crippen LogP contribution in [0.4, 0.5) is 0 Å². The van der Waals surface area contributed by atoms with E-state index < -0.39 is 27.6 Å². The van der Waals surface area contributed by atoms with Crippen LogP contribution in [0, 0.1) is 0 Å². The zero-order chi connectivity index (χ0) is 34.5. The van der Waals surface area contributed by atoms with Gasteiger partial charge in [0.15, 0.2) is 14.1 Å². The van der Waals surface area contributed by atoms with Gasteiger partial charge in [0, 0.05) is 62.2 Å². The molecule has 3 heterocycles. The average molecular weight is 689 g/mol. The van der Waals surface area contributed by atoms with Gasteiger partial charge in [-0.15, -0.1) is 0 Å². The van der Waals surface area contributed by atoms with Gasteiger partial charge in [-0.3, -0.25) is 4.57 Å². The molecule has 0 spiro atoms. The normalized spacial score (nSPS) is 18.3. The summed E-state index contributed by atoms with van der Waals surface area (Å²) in [5.74, 6) is 1.58. The number of para-hydroxylation sites is 1. The Morgan fingerprint density at radius 2 is 1.62 bits per heavy atom. The zero-order valence-electron chi connectivity index (χ0n) is 29.2. The summed E-state index contributed by atoms with van der Waals surface area (Å²) in [4.78, 5) is 4.42. The number of oxazole rings is 1. The number of hydrogen-bond acceptors (Lipinski definition) is 8. The van der Waals surface area contributed by atoms with E-state index in [0.29, 0.717) is 12.4 Å². The van der Waals surface area contributed by atoms with E-state index in [-0.39, 0.29) is 17.1 Å². The van der Waals surface area contributed by atoms with Crippen LogP contribution in [0.5, 0.6) is 5.75 Å². The lowest BCUT2D eigenvalue weighted by molar-refractivity contribution is -0.0865. The number of rotatable bonds is 11. The molecule has 1 aliphatic heterocycles. The Morgan fingerprint density at radius 1 is 0.938 bits per heavy atom. The summed E-state index contributed by atoms with van der Waals surface area (Å²) in [6, 6.07) is 22.9. The number of aryl methyl sites for hydroxylation is 1. The number of fused-ring (bicyclic) bond motifs is 2. The molecule has 9 nitrogen and oxygen atoms in total. The number of ether oxygens (including phenoxy) is 2. The van der Waals surface area contributed by atoms with Crippen LogP contribution in [0.15, 0.2) is 83.5 Å². The predicted octanol–water partition coefficient (Wildman–Crippen LogP) is 9.16. The van der Waals surface area contributed by atoms with Crippen molar-refractivity contribution in [1.29, 1.82) is 0 Å². The minimum Gasteiger partial charge on any atom is -0.463 e. The van der Waals surface area contributed by atoms with Gasteiger partial charge in [0.1, 0.15) is 17.3 Å². The summed E-state index contributed by atoms with van der Waals surface area (Å²) in [7, 11) is 0.891. The summed E-state index contributed by atoms with van der Waals surface area (Å²) in [5, 5.41) is 1.01. The Hall–Kier alpha value is -3.50. The molecule has 0 saturated carbocycles. The molecule has 48 heavy (non-hydrogen) atoms. The average Bonchev–Trinajstić information content (AvgIpc) is 3.77. The van der Waals surface area contributed by atoms with Crippen LogP contribution in [0.2, 0.25) is 18.1 Å². The molecular weight excluding hydrogens is 643 g/mol. The molecule has 3 aromatic carbocycles. The van der Waals surface area contributed by atoms with Crippen molar-refractivity contribution in [3.05, 3.63) is 96.1 Å². The van der Waals surface area contributed by atoms with Crippen LogP contribution in [0.1, 0.15) is 37.8 Å². The first-order valence-corrected chi connectivity index (χ1v) is 20.7. The van der Waals surface area contributed by atoms with E-state index in [1.165, 1.54) is 14.2 Å². The number of nitrogens with zero attached hydrogens (tertiary/aromatic N) is 2. The third kappa shape index (κ3) is 5.78. The maximum absolute atomic E-state index is 12.8. The van der Waals surface area contributed by atoms with Crippen molar-refractivity contribution in [2.45, 2.75) is 56.8 Å². The maximum Gasteiger partial charge on any atom is 0.339 e. The second kappa shape index (κ2) is 12.7. The highest BCUT2D eigenvalue weighted by molar-refractivity contribution is 7.52. The van der Waals surface area contributed by atoms with Crippen LogP contribution in [0.25, 0.3) is 33.4 Å². The Labute approximate surface area is 283 Å². The molecule has 0 unspecified atom stereocenters. The third-order valence-electron chi connectivity index (χ3n) is 10.1. The molecule has 0 radical (unpaired) electrons. The van der Waals surface area contributed by atoms with Crippen molar-refractivity contribution >= 4 is 26.8 Å². The molecule has 5 aromatic rings. The molecular formula is C37H45N2O7PSi. The van der Waals surface area contributed by atoms with E-state index in [4.69, 9.17) is 27.4 Å². The first-order valence-electron chi connectivity index (χ1n) is 16.0. The topological polar surface area (TPSA) is 94.2 Å². The molecule has 6 rings (SSSR count). The van der Waals surface area contributed by atoms with Crippen molar-refractivity contribution in [2.75, 3.05) is 27.9 Å². The maximum atomic E-state index is 12.8. The fourth-order valence-corrected chi connectivity index (χ4v) is 8.22. The van der Waals surface area contributed by atoms with E-state index in [9.17, 15) is 4.57 Å². The van der Waals surface area contributed by atoms with Gasteiger partial charge in [0.2, 0.25) is 12.2 Å². The van der Waals surface area contributed by atoms with Gasteiger partial charge in [0.25, 0.3) is 0 Å². The van der Waals surface area contributed by atoms with Crippen molar-refractivity contribution in [2.24, 2.45) is 7.05 Å². The minimum atomic E-state index is -3.36. The fourth-order valence-electron chi connectivity index (χ4n) is 6.31. The SMILES string of the molecule is CO[C@@H]1Oc2c(-c3cccc4c3c(-c3cnc(CP(=O)(OC)OC)o3)cn4C)cccc2[C@@]1(CO[Si](C)(C)C(C)(C)C)c1ccccc1. The lowest BCUT2D eigenvalue weighted by Crippen LogP contribution is -2.50. The van der Waals surface area contributed by atoms with Gasteiger partial charge in [0.05, 0.1) is 12.8 Å². The highest BCUT2D eigenvalue weighted by atomic mass is 31.2. The molecule has 254 valence electrons. The number of aromatic nitrogens is 2. The molecule has 11 heteroatoms. The van der Waals surface area contributed by atoms with Crippen molar-refractivity contribution < 1.29 is 31.9 Å². The molecule has 2 atom stereocenters. The molecule has 0 N–H and O–H groups in total. The van der Waals surface area contributed by atoms with Crippen LogP contribution >= 0.6 is 7.60 Å². The molecule has 0 aliphatic carbocycles. The van der Waals surface area contributed by atoms with E-state index in [2.05, 4.69) is 98.0 Å². The molecule has 0 fully saturated rings. The Balaban J connectivity index is 1.52. The van der Waals surface area contributed by atoms with Crippen LogP contribution < -0.4 is 4.74 Å². The van der Waals surface area contributed by atoms with Crippen LogP contribution in [-0.4, -0.2) is 52.1 Å². The molecule has 0 bridgehead atoms. The van der Waals surface area contributed by atoms with Gasteiger partial charge < -0.3 is 31.9 Å². The monoisotopic (exact) mass is 688 g/mol. The summed E-state index contributed by atoms with van der Waals surface area (Å²) < 4.78 is 51.3. The second-order valence-corrected chi connectivity index (χ2v) is 20.9. The number of benzene rings is 3. The van der Waals surface area contributed by atoms with Crippen LogP contribution in [0.3, 0.4) is 0 Å². The lowest BCUT2D eigenvalue weighted by Gasteiger charge is -2.41. The summed E-state index contributed by atoms with van der Waals surface area (Å²) >= 11 is 0. The minimum absolute atomic E-state index is 0.0293. The van der Waals surface area contributed by atoms with Crippen molar-refractivity contribution in [3.63, 3.8) is 0 Å². The van der Waals surface area contributed by atoms with Gasteiger partial charge in [-0.05, 0) is 35.3 Å². The predicted molar refractivity (Wildman–Crippen MR) is 191 cm³/mol. The number of hydrogen-bond donors (Lipinski definition) is 0. The molecule has 1 aliphatic rings. The lowest BCUT2D eigenvalue weighted by atomic mass is 9.75. The highest BCUT2D eigenvalue weighted by Crippen LogP contribution is 2.54. The highest BCUT2D eigenvalue weighted by Gasteiger charge is 2.53. The molecule has 0 amide bonds. The Kier molecular flexibility index (Phi) is 9.13. The van der Waals surface area contributed by atoms with Gasteiger partial charge in [-0.2, -0.15) is 0 Å². The van der Waals surface area contributed by atoms with Gasteiger partial charge in [-0.25, -0.2) is 4.98 Å². The summed E-state index contributed by atoms with van der Waals surface area (Å²) in [5.41, 5.74) is 5.14. The Morgan fingerprint density at radius 3 is 2.29 bits per heavy atom. The van der Waals surface area contributed by atoms with E-state index in [1.807, 2.05) is 25.4 Å².